The third-order valence-corrected chi connectivity index (χ3v) is 5.85. The normalized spacial score (nSPS) is 11.1. The molecule has 176 valence electrons. The fraction of sp³-hybridized carbons (Fsp3) is 0.185. The lowest BCUT2D eigenvalue weighted by Crippen LogP contribution is -2.31. The van der Waals surface area contributed by atoms with Crippen LogP contribution in [-0.4, -0.2) is 38.4 Å². The fourth-order valence-corrected chi connectivity index (χ4v) is 4.09. The molecule has 0 bridgehead atoms. The van der Waals surface area contributed by atoms with Crippen molar-refractivity contribution in [3.8, 4) is 5.75 Å². The first-order valence-corrected chi connectivity index (χ1v) is 11.4. The minimum Gasteiger partial charge on any atom is -0.484 e. The summed E-state index contributed by atoms with van der Waals surface area (Å²) in [6.07, 6.45) is 3.09. The van der Waals surface area contributed by atoms with Gasteiger partial charge in [-0.3, -0.25) is 14.2 Å². The van der Waals surface area contributed by atoms with Gasteiger partial charge in [0, 0.05) is 6.54 Å². The van der Waals surface area contributed by atoms with Gasteiger partial charge in [0.15, 0.2) is 12.3 Å². The van der Waals surface area contributed by atoms with Crippen molar-refractivity contribution in [1.29, 1.82) is 0 Å². The number of hydrogen-bond acceptors (Lipinski definition) is 5. The first-order chi connectivity index (χ1) is 17.1. The fourth-order valence-electron chi connectivity index (χ4n) is 4.09. The number of fused-ring (bicyclic) bond motifs is 2. The van der Waals surface area contributed by atoms with E-state index in [1.54, 1.807) is 15.6 Å². The lowest BCUT2D eigenvalue weighted by molar-refractivity contribution is -0.123. The van der Waals surface area contributed by atoms with Gasteiger partial charge in [0.05, 0.1) is 19.3 Å². The van der Waals surface area contributed by atoms with Gasteiger partial charge in [-0.25, -0.2) is 9.67 Å². The summed E-state index contributed by atoms with van der Waals surface area (Å²) in [5.74, 6) is 0.426. The van der Waals surface area contributed by atoms with Crippen molar-refractivity contribution < 1.29 is 9.53 Å². The van der Waals surface area contributed by atoms with E-state index in [-0.39, 0.29) is 18.1 Å². The lowest BCUT2D eigenvalue weighted by atomic mass is 10.0. The van der Waals surface area contributed by atoms with Gasteiger partial charge in [0.2, 0.25) is 0 Å². The molecule has 8 heteroatoms. The number of rotatable bonds is 8. The van der Waals surface area contributed by atoms with Gasteiger partial charge in [-0.1, -0.05) is 54.6 Å². The van der Waals surface area contributed by atoms with Crippen LogP contribution in [0.25, 0.3) is 21.8 Å². The van der Waals surface area contributed by atoms with Crippen LogP contribution in [0, 0.1) is 6.92 Å². The molecule has 0 aliphatic carbocycles. The minimum atomic E-state index is -0.228. The number of amides is 1. The van der Waals surface area contributed by atoms with Crippen molar-refractivity contribution in [3.05, 3.63) is 101 Å². The number of carbonyl (C=O) groups is 1. The molecule has 2 aromatic heterocycles. The molecule has 5 aromatic rings. The number of aryl methyl sites for hydroxylation is 1. The van der Waals surface area contributed by atoms with Crippen LogP contribution >= 0.6 is 0 Å². The predicted octanol–water partition coefficient (Wildman–Crippen LogP) is 3.30. The summed E-state index contributed by atoms with van der Waals surface area (Å²) < 4.78 is 8.74. The average Bonchev–Trinajstić information content (AvgIpc) is 3.28. The number of nitrogens with one attached hydrogen (secondary N) is 1. The number of nitrogens with zero attached hydrogens (tertiary/aromatic N) is 4. The van der Waals surface area contributed by atoms with E-state index < -0.39 is 0 Å². The van der Waals surface area contributed by atoms with Gasteiger partial charge in [-0.05, 0) is 41.0 Å². The Morgan fingerprint density at radius 3 is 2.74 bits per heavy atom. The van der Waals surface area contributed by atoms with E-state index in [4.69, 9.17) is 4.74 Å². The molecule has 2 heterocycles. The van der Waals surface area contributed by atoms with Crippen molar-refractivity contribution in [2.24, 2.45) is 0 Å². The molecule has 0 unspecified atom stereocenters. The molecular formula is C27H25N5O3. The molecule has 0 spiro atoms. The van der Waals surface area contributed by atoms with Crippen molar-refractivity contribution in [2.75, 3.05) is 13.2 Å². The molecule has 3 aromatic carbocycles. The Balaban J connectivity index is 1.23. The third-order valence-electron chi connectivity index (χ3n) is 5.85. The number of aromatic nitrogens is 4. The topological polar surface area (TPSA) is 91.0 Å². The largest absolute Gasteiger partial charge is 0.484 e. The summed E-state index contributed by atoms with van der Waals surface area (Å²) >= 11 is 0. The van der Waals surface area contributed by atoms with E-state index in [0.29, 0.717) is 36.4 Å². The maximum Gasteiger partial charge on any atom is 0.264 e. The maximum atomic E-state index is 13.1. The highest BCUT2D eigenvalue weighted by Gasteiger charge is 2.12. The number of benzene rings is 3. The molecule has 0 aliphatic rings. The Morgan fingerprint density at radius 1 is 1.03 bits per heavy atom. The van der Waals surface area contributed by atoms with Gasteiger partial charge >= 0.3 is 0 Å². The molecule has 1 amide bonds. The van der Waals surface area contributed by atoms with Crippen molar-refractivity contribution in [3.63, 3.8) is 0 Å². The minimum absolute atomic E-state index is 0.0690. The Hall–Kier alpha value is -4.46. The summed E-state index contributed by atoms with van der Waals surface area (Å²) in [6.45, 7) is 3.05. The van der Waals surface area contributed by atoms with Crippen molar-refractivity contribution in [2.45, 2.75) is 20.0 Å². The van der Waals surface area contributed by atoms with Crippen LogP contribution in [0.3, 0.4) is 0 Å². The van der Waals surface area contributed by atoms with Gasteiger partial charge in [0.1, 0.15) is 17.5 Å². The third kappa shape index (κ3) is 4.91. The quantitative estimate of drug-likeness (QED) is 0.378. The molecular weight excluding hydrogens is 442 g/mol. The molecule has 0 saturated carbocycles. The zero-order valence-electron chi connectivity index (χ0n) is 19.3. The first-order valence-electron chi connectivity index (χ1n) is 11.4. The summed E-state index contributed by atoms with van der Waals surface area (Å²) in [7, 11) is 0. The van der Waals surface area contributed by atoms with Gasteiger partial charge in [0.25, 0.3) is 11.5 Å². The van der Waals surface area contributed by atoms with Crippen LogP contribution in [0.5, 0.6) is 5.75 Å². The summed E-state index contributed by atoms with van der Waals surface area (Å²) in [5, 5.41) is 9.81. The van der Waals surface area contributed by atoms with Crippen LogP contribution in [0.2, 0.25) is 0 Å². The second-order valence-electron chi connectivity index (χ2n) is 8.38. The second-order valence-corrected chi connectivity index (χ2v) is 8.38. The molecule has 1 N–H and O–H groups in total. The Bertz CT molecular complexity index is 1570. The van der Waals surface area contributed by atoms with Crippen molar-refractivity contribution in [1.82, 2.24) is 24.6 Å². The number of hydrogen-bond donors (Lipinski definition) is 1. The SMILES string of the molecule is Cc1cccc(OCC(=O)NCCn2ncc3c(=O)n(Cc4cccc5ccccc45)cnc32)c1. The van der Waals surface area contributed by atoms with Crippen molar-refractivity contribution >= 4 is 27.7 Å². The Labute approximate surface area is 201 Å². The predicted molar refractivity (Wildman–Crippen MR) is 135 cm³/mol. The smallest absolute Gasteiger partial charge is 0.264 e. The summed E-state index contributed by atoms with van der Waals surface area (Å²) in [6, 6.07) is 21.7. The van der Waals surface area contributed by atoms with E-state index in [9.17, 15) is 9.59 Å². The first kappa shape index (κ1) is 22.3. The summed E-state index contributed by atoms with van der Waals surface area (Å²) in [4.78, 5) is 29.7. The molecule has 8 nitrogen and oxygen atoms in total. The highest BCUT2D eigenvalue weighted by atomic mass is 16.5. The van der Waals surface area contributed by atoms with E-state index in [1.165, 1.54) is 6.20 Å². The zero-order valence-corrected chi connectivity index (χ0v) is 19.3. The van der Waals surface area contributed by atoms with E-state index in [0.717, 1.165) is 21.9 Å². The molecule has 0 saturated heterocycles. The zero-order chi connectivity index (χ0) is 24.2. The average molecular weight is 468 g/mol. The summed E-state index contributed by atoms with van der Waals surface area (Å²) in [5.41, 5.74) is 2.46. The van der Waals surface area contributed by atoms with Gasteiger partial charge in [-0.15, -0.1) is 0 Å². The maximum absolute atomic E-state index is 13.1. The number of ether oxygens (including phenoxy) is 1. The lowest BCUT2D eigenvalue weighted by Gasteiger charge is -2.10. The highest BCUT2D eigenvalue weighted by Crippen LogP contribution is 2.19. The number of carbonyl (C=O) groups excluding carboxylic acids is 1. The second kappa shape index (κ2) is 9.80. The van der Waals surface area contributed by atoms with E-state index in [2.05, 4.69) is 33.6 Å². The van der Waals surface area contributed by atoms with Crippen LogP contribution in [0.1, 0.15) is 11.1 Å². The van der Waals surface area contributed by atoms with Gasteiger partial charge < -0.3 is 10.1 Å². The van der Waals surface area contributed by atoms with Crippen LogP contribution in [0.15, 0.2) is 84.0 Å². The molecule has 0 radical (unpaired) electrons. The molecule has 5 rings (SSSR count). The highest BCUT2D eigenvalue weighted by molar-refractivity contribution is 5.85. The van der Waals surface area contributed by atoms with Crippen LogP contribution < -0.4 is 15.6 Å². The Morgan fingerprint density at radius 2 is 1.86 bits per heavy atom. The van der Waals surface area contributed by atoms with Gasteiger partial charge in [-0.2, -0.15) is 5.10 Å². The molecule has 0 aliphatic heterocycles. The monoisotopic (exact) mass is 467 g/mol. The Kier molecular flexibility index (Phi) is 6.26. The van der Waals surface area contributed by atoms with Crippen LogP contribution in [-0.2, 0) is 17.9 Å². The van der Waals surface area contributed by atoms with E-state index in [1.807, 2.05) is 55.5 Å². The van der Waals surface area contributed by atoms with Crippen LogP contribution in [0.4, 0.5) is 0 Å². The van der Waals surface area contributed by atoms with E-state index >= 15 is 0 Å². The molecule has 0 atom stereocenters. The molecule has 35 heavy (non-hydrogen) atoms. The standard InChI is InChI=1S/C27H25N5O3/c1-19-6-4-10-22(14-19)35-17-25(33)28-12-13-32-26-24(15-30-32)27(34)31(18-29-26)16-21-9-5-8-20-7-2-3-11-23(20)21/h2-11,14-15,18H,12-13,16-17H2,1H3,(H,28,33). The molecule has 0 fully saturated rings.